The summed E-state index contributed by atoms with van der Waals surface area (Å²) >= 11 is 0.940. The Bertz CT molecular complexity index is 603. The molecule has 0 saturated carbocycles. The van der Waals surface area contributed by atoms with Crippen molar-refractivity contribution in [2.24, 2.45) is 0 Å². The van der Waals surface area contributed by atoms with Crippen LogP contribution in [0.5, 0.6) is 5.75 Å². The number of methoxy groups -OCH3 is 1. The van der Waals surface area contributed by atoms with Crippen LogP contribution in [0.15, 0.2) is 36.4 Å². The fraction of sp³-hybridized carbons (Fsp3) is 0.0769. The van der Waals surface area contributed by atoms with Crippen molar-refractivity contribution in [1.29, 1.82) is 0 Å². The van der Waals surface area contributed by atoms with E-state index < -0.39 is 5.97 Å². The summed E-state index contributed by atoms with van der Waals surface area (Å²) in [6.07, 6.45) is 0. The summed E-state index contributed by atoms with van der Waals surface area (Å²) in [5, 5.41) is 11.5. The molecule has 0 aliphatic carbocycles. The van der Waals surface area contributed by atoms with Gasteiger partial charge < -0.3 is 15.2 Å². The summed E-state index contributed by atoms with van der Waals surface area (Å²) in [6, 6.07) is 9.78. The summed E-state index contributed by atoms with van der Waals surface area (Å²) < 4.78 is 5.01. The van der Waals surface area contributed by atoms with Gasteiger partial charge in [-0.05, 0) is 36.4 Å². The number of benzene rings is 1. The van der Waals surface area contributed by atoms with E-state index in [0.717, 1.165) is 11.3 Å². The molecule has 1 amide bonds. The zero-order valence-electron chi connectivity index (χ0n) is 10.0. The van der Waals surface area contributed by atoms with Gasteiger partial charge >= 0.3 is 5.97 Å². The number of anilines is 1. The lowest BCUT2D eigenvalue weighted by Crippen LogP contribution is -2.09. The molecule has 0 saturated heterocycles. The van der Waals surface area contributed by atoms with Gasteiger partial charge in [0.1, 0.15) is 10.6 Å². The third-order valence-electron chi connectivity index (χ3n) is 2.39. The van der Waals surface area contributed by atoms with Crippen molar-refractivity contribution in [2.75, 3.05) is 12.4 Å². The van der Waals surface area contributed by atoms with Crippen LogP contribution in [0.2, 0.25) is 0 Å². The number of nitrogens with one attached hydrogen (secondary N) is 1. The Morgan fingerprint density at radius 2 is 1.74 bits per heavy atom. The Morgan fingerprint density at radius 1 is 1.11 bits per heavy atom. The second-order valence-corrected chi connectivity index (χ2v) is 4.74. The Labute approximate surface area is 113 Å². The molecule has 5 nitrogen and oxygen atoms in total. The molecule has 0 fully saturated rings. The van der Waals surface area contributed by atoms with Crippen LogP contribution < -0.4 is 10.1 Å². The van der Waals surface area contributed by atoms with Gasteiger partial charge in [0.15, 0.2) is 0 Å². The first-order valence-corrected chi connectivity index (χ1v) is 6.20. The Balaban J connectivity index is 2.08. The minimum Gasteiger partial charge on any atom is -0.497 e. The second-order valence-electron chi connectivity index (χ2n) is 3.65. The molecule has 0 bridgehead atoms. The first kappa shape index (κ1) is 13.1. The van der Waals surface area contributed by atoms with Crippen molar-refractivity contribution < 1.29 is 19.4 Å². The molecule has 2 aromatic rings. The van der Waals surface area contributed by atoms with E-state index in [1.165, 1.54) is 12.1 Å². The standard InChI is InChI=1S/C13H11NO4S/c1-18-9-4-2-8(3-5-9)14-12(15)10-6-7-11(19-10)13(16)17/h2-7H,1H3,(H,14,15)(H,16,17). The van der Waals surface area contributed by atoms with Gasteiger partial charge in [0.05, 0.1) is 12.0 Å². The second kappa shape index (κ2) is 5.53. The molecule has 0 spiro atoms. The summed E-state index contributed by atoms with van der Waals surface area (Å²) in [4.78, 5) is 23.1. The third kappa shape index (κ3) is 3.11. The number of carbonyl (C=O) groups is 2. The van der Waals surface area contributed by atoms with Crippen LogP contribution in [-0.2, 0) is 0 Å². The van der Waals surface area contributed by atoms with Crippen LogP contribution in [-0.4, -0.2) is 24.1 Å². The van der Waals surface area contributed by atoms with E-state index in [1.807, 2.05) is 0 Å². The highest BCUT2D eigenvalue weighted by Crippen LogP contribution is 2.19. The molecule has 0 aliphatic rings. The lowest BCUT2D eigenvalue weighted by molar-refractivity contribution is 0.0702. The lowest BCUT2D eigenvalue weighted by Gasteiger charge is -2.04. The number of hydrogen-bond donors (Lipinski definition) is 2. The molecule has 1 aromatic carbocycles. The van der Waals surface area contributed by atoms with E-state index in [1.54, 1.807) is 31.4 Å². The van der Waals surface area contributed by atoms with Crippen LogP contribution in [0, 0.1) is 0 Å². The lowest BCUT2D eigenvalue weighted by atomic mass is 10.3. The van der Waals surface area contributed by atoms with Gasteiger partial charge in [0.25, 0.3) is 5.91 Å². The zero-order valence-corrected chi connectivity index (χ0v) is 10.9. The number of ether oxygens (including phenoxy) is 1. The maximum atomic E-state index is 11.9. The monoisotopic (exact) mass is 277 g/mol. The van der Waals surface area contributed by atoms with Gasteiger partial charge in [-0.1, -0.05) is 0 Å². The molecule has 1 heterocycles. The summed E-state index contributed by atoms with van der Waals surface area (Å²) in [6.45, 7) is 0. The Hall–Kier alpha value is -2.34. The van der Waals surface area contributed by atoms with Gasteiger partial charge in [0.2, 0.25) is 0 Å². The molecule has 6 heteroatoms. The Morgan fingerprint density at radius 3 is 2.26 bits per heavy atom. The van der Waals surface area contributed by atoms with Crippen LogP contribution >= 0.6 is 11.3 Å². The molecule has 2 rings (SSSR count). The van der Waals surface area contributed by atoms with E-state index in [4.69, 9.17) is 9.84 Å². The average Bonchev–Trinajstić information content (AvgIpc) is 2.89. The number of hydrogen-bond acceptors (Lipinski definition) is 4. The highest BCUT2D eigenvalue weighted by Gasteiger charge is 2.12. The maximum absolute atomic E-state index is 11.9. The molecule has 0 atom stereocenters. The quantitative estimate of drug-likeness (QED) is 0.901. The number of rotatable bonds is 4. The van der Waals surface area contributed by atoms with Gasteiger partial charge in [-0.3, -0.25) is 4.79 Å². The van der Waals surface area contributed by atoms with Crippen molar-refractivity contribution in [1.82, 2.24) is 0 Å². The maximum Gasteiger partial charge on any atom is 0.345 e. The molecular formula is C13H11NO4S. The topological polar surface area (TPSA) is 75.6 Å². The van der Waals surface area contributed by atoms with Crippen molar-refractivity contribution in [2.45, 2.75) is 0 Å². The van der Waals surface area contributed by atoms with E-state index in [-0.39, 0.29) is 10.8 Å². The number of carboxylic acids is 1. The number of aromatic carboxylic acids is 1. The smallest absolute Gasteiger partial charge is 0.345 e. The van der Waals surface area contributed by atoms with Crippen LogP contribution in [0.3, 0.4) is 0 Å². The van der Waals surface area contributed by atoms with Crippen molar-refractivity contribution >= 4 is 28.9 Å². The number of carboxylic acid groups (broad SMARTS) is 1. The zero-order chi connectivity index (χ0) is 13.8. The third-order valence-corrected chi connectivity index (χ3v) is 3.46. The highest BCUT2D eigenvalue weighted by molar-refractivity contribution is 7.15. The van der Waals surface area contributed by atoms with E-state index in [2.05, 4.69) is 5.32 Å². The molecule has 98 valence electrons. The number of amides is 1. The first-order valence-electron chi connectivity index (χ1n) is 5.38. The molecule has 0 aliphatic heterocycles. The summed E-state index contributed by atoms with van der Waals surface area (Å²) in [5.74, 6) is -0.668. The number of carbonyl (C=O) groups excluding carboxylic acids is 1. The Kier molecular flexibility index (Phi) is 3.82. The molecule has 0 unspecified atom stereocenters. The fourth-order valence-electron chi connectivity index (χ4n) is 1.44. The van der Waals surface area contributed by atoms with E-state index in [9.17, 15) is 9.59 Å². The minimum atomic E-state index is -1.03. The van der Waals surface area contributed by atoms with Crippen molar-refractivity contribution in [3.63, 3.8) is 0 Å². The highest BCUT2D eigenvalue weighted by atomic mass is 32.1. The van der Waals surface area contributed by atoms with Gasteiger partial charge in [-0.15, -0.1) is 11.3 Å². The predicted octanol–water partition coefficient (Wildman–Crippen LogP) is 2.71. The SMILES string of the molecule is COc1ccc(NC(=O)c2ccc(C(=O)O)s2)cc1. The molecule has 1 aromatic heterocycles. The minimum absolute atomic E-state index is 0.139. The van der Waals surface area contributed by atoms with Crippen molar-refractivity contribution in [3.8, 4) is 5.75 Å². The predicted molar refractivity (Wildman–Crippen MR) is 72.2 cm³/mol. The van der Waals surface area contributed by atoms with Crippen LogP contribution in [0.1, 0.15) is 19.3 Å². The van der Waals surface area contributed by atoms with Gasteiger partial charge in [0, 0.05) is 5.69 Å². The summed E-state index contributed by atoms with van der Waals surface area (Å²) in [5.41, 5.74) is 0.621. The first-order chi connectivity index (χ1) is 9.10. The fourth-order valence-corrected chi connectivity index (χ4v) is 2.18. The van der Waals surface area contributed by atoms with Crippen LogP contribution in [0.4, 0.5) is 5.69 Å². The molecule has 0 radical (unpaired) electrons. The normalized spacial score (nSPS) is 9.95. The molecule has 2 N–H and O–H groups in total. The largest absolute Gasteiger partial charge is 0.497 e. The van der Waals surface area contributed by atoms with Gasteiger partial charge in [-0.2, -0.15) is 0 Å². The molecule has 19 heavy (non-hydrogen) atoms. The number of thiophene rings is 1. The summed E-state index contributed by atoms with van der Waals surface area (Å²) in [7, 11) is 1.56. The van der Waals surface area contributed by atoms with Crippen molar-refractivity contribution in [3.05, 3.63) is 46.2 Å². The average molecular weight is 277 g/mol. The van der Waals surface area contributed by atoms with E-state index >= 15 is 0 Å². The van der Waals surface area contributed by atoms with Crippen LogP contribution in [0.25, 0.3) is 0 Å². The van der Waals surface area contributed by atoms with E-state index in [0.29, 0.717) is 16.3 Å². The van der Waals surface area contributed by atoms with Gasteiger partial charge in [-0.25, -0.2) is 4.79 Å². The molecular weight excluding hydrogens is 266 g/mol.